The van der Waals surface area contributed by atoms with Crippen LogP contribution in [0.5, 0.6) is 0 Å². The standard InChI is InChI=1S/C13H18N6O3/c1-18-6-10(15-8-18)12(20)14-4-3-5-22-17-13(21)11-7-19(2)9-16-11/h6-9H,3-5H2,1-2H3,(H,14,20)(H,17,21). The van der Waals surface area contributed by atoms with E-state index >= 15 is 0 Å². The van der Waals surface area contributed by atoms with Crippen molar-refractivity contribution in [2.24, 2.45) is 14.1 Å². The molecule has 0 unspecified atom stereocenters. The van der Waals surface area contributed by atoms with Gasteiger partial charge in [-0.25, -0.2) is 15.4 Å². The Bertz CT molecular complexity index is 592. The summed E-state index contributed by atoms with van der Waals surface area (Å²) in [4.78, 5) is 36.1. The number of imidazole rings is 2. The number of nitrogens with zero attached hydrogens (tertiary/aromatic N) is 4. The largest absolute Gasteiger partial charge is 0.351 e. The number of hydrogen-bond donors (Lipinski definition) is 2. The zero-order chi connectivity index (χ0) is 15.9. The summed E-state index contributed by atoms with van der Waals surface area (Å²) < 4.78 is 3.37. The number of carbonyl (C=O) groups excluding carboxylic acids is 2. The molecule has 2 amide bonds. The number of rotatable bonds is 7. The summed E-state index contributed by atoms with van der Waals surface area (Å²) in [5.74, 6) is -0.642. The minimum atomic E-state index is -0.405. The Labute approximate surface area is 127 Å². The predicted octanol–water partition coefficient (Wildman–Crippen LogP) is -0.365. The molecule has 2 aromatic heterocycles. The van der Waals surface area contributed by atoms with E-state index in [1.807, 2.05) is 0 Å². The molecule has 0 aliphatic carbocycles. The Morgan fingerprint density at radius 1 is 1.09 bits per heavy atom. The van der Waals surface area contributed by atoms with Crippen LogP contribution in [0.4, 0.5) is 0 Å². The van der Waals surface area contributed by atoms with E-state index in [9.17, 15) is 9.59 Å². The van der Waals surface area contributed by atoms with Crippen LogP contribution in [-0.2, 0) is 18.9 Å². The van der Waals surface area contributed by atoms with Gasteiger partial charge in [0.2, 0.25) is 0 Å². The van der Waals surface area contributed by atoms with Crippen LogP contribution in [0.3, 0.4) is 0 Å². The van der Waals surface area contributed by atoms with E-state index < -0.39 is 5.91 Å². The third-order valence-electron chi connectivity index (χ3n) is 2.75. The first-order valence-electron chi connectivity index (χ1n) is 6.72. The molecule has 9 heteroatoms. The number of hydrogen-bond acceptors (Lipinski definition) is 5. The summed E-state index contributed by atoms with van der Waals surface area (Å²) in [5, 5.41) is 2.71. The second-order valence-corrected chi connectivity index (χ2v) is 4.74. The third-order valence-corrected chi connectivity index (χ3v) is 2.75. The highest BCUT2D eigenvalue weighted by Crippen LogP contribution is 1.95. The van der Waals surface area contributed by atoms with Gasteiger partial charge >= 0.3 is 0 Å². The first kappa shape index (κ1) is 15.7. The Balaban J connectivity index is 1.58. The van der Waals surface area contributed by atoms with E-state index in [4.69, 9.17) is 4.84 Å². The fraction of sp³-hybridized carbons (Fsp3) is 0.385. The van der Waals surface area contributed by atoms with E-state index in [1.165, 1.54) is 6.33 Å². The summed E-state index contributed by atoms with van der Waals surface area (Å²) in [6.07, 6.45) is 6.87. The van der Waals surface area contributed by atoms with Crippen LogP contribution in [0.1, 0.15) is 27.4 Å². The minimum Gasteiger partial charge on any atom is -0.351 e. The van der Waals surface area contributed by atoms with Crippen LogP contribution >= 0.6 is 0 Å². The second kappa shape index (κ2) is 7.36. The van der Waals surface area contributed by atoms with Gasteiger partial charge in [0, 0.05) is 33.0 Å². The van der Waals surface area contributed by atoms with Crippen LogP contribution in [0, 0.1) is 0 Å². The fourth-order valence-corrected chi connectivity index (χ4v) is 1.67. The highest BCUT2D eigenvalue weighted by molar-refractivity contribution is 5.92. The molecule has 9 nitrogen and oxygen atoms in total. The van der Waals surface area contributed by atoms with Crippen LogP contribution in [-0.4, -0.2) is 44.1 Å². The van der Waals surface area contributed by atoms with Crippen LogP contribution < -0.4 is 10.8 Å². The molecule has 2 N–H and O–H groups in total. The second-order valence-electron chi connectivity index (χ2n) is 4.74. The van der Waals surface area contributed by atoms with Gasteiger partial charge in [0.05, 0.1) is 19.3 Å². The molecule has 0 radical (unpaired) electrons. The summed E-state index contributed by atoms with van der Waals surface area (Å²) in [6, 6.07) is 0. The molecule has 118 valence electrons. The van der Waals surface area contributed by atoms with Crippen molar-refractivity contribution in [2.45, 2.75) is 6.42 Å². The van der Waals surface area contributed by atoms with E-state index in [1.54, 1.807) is 42.0 Å². The first-order valence-corrected chi connectivity index (χ1v) is 6.72. The van der Waals surface area contributed by atoms with E-state index in [0.29, 0.717) is 18.7 Å². The smallest absolute Gasteiger partial charge is 0.295 e. The van der Waals surface area contributed by atoms with E-state index in [-0.39, 0.29) is 18.2 Å². The van der Waals surface area contributed by atoms with Crippen molar-refractivity contribution in [2.75, 3.05) is 13.2 Å². The molecule has 0 aliphatic heterocycles. The Morgan fingerprint density at radius 2 is 1.68 bits per heavy atom. The lowest BCUT2D eigenvalue weighted by Gasteiger charge is -2.05. The van der Waals surface area contributed by atoms with Crippen molar-refractivity contribution < 1.29 is 14.4 Å². The van der Waals surface area contributed by atoms with Crippen molar-refractivity contribution in [1.29, 1.82) is 0 Å². The van der Waals surface area contributed by atoms with Gasteiger partial charge < -0.3 is 14.5 Å². The fourth-order valence-electron chi connectivity index (χ4n) is 1.67. The van der Waals surface area contributed by atoms with Crippen LogP contribution in [0.15, 0.2) is 25.0 Å². The zero-order valence-corrected chi connectivity index (χ0v) is 12.4. The van der Waals surface area contributed by atoms with Gasteiger partial charge in [-0.2, -0.15) is 0 Å². The van der Waals surface area contributed by atoms with E-state index in [2.05, 4.69) is 20.8 Å². The van der Waals surface area contributed by atoms with Gasteiger partial charge in [0.25, 0.3) is 11.8 Å². The van der Waals surface area contributed by atoms with E-state index in [0.717, 1.165) is 0 Å². The summed E-state index contributed by atoms with van der Waals surface area (Å²) >= 11 is 0. The lowest BCUT2D eigenvalue weighted by Crippen LogP contribution is -2.28. The lowest BCUT2D eigenvalue weighted by atomic mass is 10.4. The molecule has 0 aromatic carbocycles. The van der Waals surface area contributed by atoms with Crippen molar-refractivity contribution in [3.63, 3.8) is 0 Å². The Hall–Kier alpha value is -2.68. The summed E-state index contributed by atoms with van der Waals surface area (Å²) in [7, 11) is 3.57. The monoisotopic (exact) mass is 306 g/mol. The van der Waals surface area contributed by atoms with Crippen molar-refractivity contribution in [1.82, 2.24) is 29.9 Å². The maximum Gasteiger partial charge on any atom is 0.295 e. The molecule has 2 aromatic rings. The van der Waals surface area contributed by atoms with Gasteiger partial charge in [0.1, 0.15) is 11.4 Å². The predicted molar refractivity (Wildman–Crippen MR) is 76.8 cm³/mol. The topological polar surface area (TPSA) is 103 Å². The highest BCUT2D eigenvalue weighted by Gasteiger charge is 2.09. The van der Waals surface area contributed by atoms with Crippen molar-refractivity contribution >= 4 is 11.8 Å². The molecule has 2 rings (SSSR count). The SMILES string of the molecule is Cn1cnc(C(=O)NCCCONC(=O)c2cn(C)cn2)c1. The average molecular weight is 306 g/mol. The highest BCUT2D eigenvalue weighted by atomic mass is 16.6. The molecule has 0 atom stereocenters. The van der Waals surface area contributed by atoms with Crippen molar-refractivity contribution in [3.8, 4) is 0 Å². The van der Waals surface area contributed by atoms with Gasteiger partial charge in [-0.1, -0.05) is 0 Å². The lowest BCUT2D eigenvalue weighted by molar-refractivity contribution is 0.0299. The van der Waals surface area contributed by atoms with Gasteiger partial charge in [-0.05, 0) is 6.42 Å². The molecule has 0 saturated heterocycles. The minimum absolute atomic E-state index is 0.238. The molecular formula is C13H18N6O3. The Morgan fingerprint density at radius 3 is 2.23 bits per heavy atom. The Kier molecular flexibility index (Phi) is 5.26. The zero-order valence-electron chi connectivity index (χ0n) is 12.4. The molecule has 0 spiro atoms. The summed E-state index contributed by atoms with van der Waals surface area (Å²) in [6.45, 7) is 0.704. The number of aromatic nitrogens is 4. The maximum absolute atomic E-state index is 11.7. The van der Waals surface area contributed by atoms with Gasteiger partial charge in [-0.3, -0.25) is 14.4 Å². The molecular weight excluding hydrogens is 288 g/mol. The first-order chi connectivity index (χ1) is 10.6. The molecule has 2 heterocycles. The molecule has 0 aliphatic rings. The van der Waals surface area contributed by atoms with Crippen molar-refractivity contribution in [3.05, 3.63) is 36.4 Å². The molecule has 0 fully saturated rings. The van der Waals surface area contributed by atoms with Crippen LogP contribution in [0.2, 0.25) is 0 Å². The molecule has 22 heavy (non-hydrogen) atoms. The summed E-state index contributed by atoms with van der Waals surface area (Å²) in [5.41, 5.74) is 2.94. The van der Waals surface area contributed by atoms with Gasteiger partial charge in [0.15, 0.2) is 0 Å². The quantitative estimate of drug-likeness (QED) is 0.537. The number of hydroxylamine groups is 1. The molecule has 0 bridgehead atoms. The number of nitrogens with one attached hydrogen (secondary N) is 2. The normalized spacial score (nSPS) is 10.5. The maximum atomic E-state index is 11.7. The van der Waals surface area contributed by atoms with Crippen LogP contribution in [0.25, 0.3) is 0 Å². The number of amides is 2. The van der Waals surface area contributed by atoms with Gasteiger partial charge in [-0.15, -0.1) is 0 Å². The third kappa shape index (κ3) is 4.42. The molecule has 0 saturated carbocycles. The average Bonchev–Trinajstić information content (AvgIpc) is 3.11. The number of aryl methyl sites for hydroxylation is 2. The number of carbonyl (C=O) groups is 2.